The maximum absolute atomic E-state index is 13.1. The Morgan fingerprint density at radius 1 is 0.865 bits per heavy atom. The molecule has 4 unspecified atom stereocenters. The van der Waals surface area contributed by atoms with Gasteiger partial charge in [-0.05, 0) is 96.2 Å². The molecule has 2 fully saturated rings. The standard InChI is InChI=1S/C28H24Cl3F3N2O/c29-19-6-1-16(2-7-19)26-23(22-12-8-20(30)13-25(22)31)11-3-17-14-36(15-24(17)26)27(37)35-21-9-4-18(5-10-21)28(32,33)34/h1-2,4-10,12-13,17,23-24,26H,3,11,14-15H2,(H,35,37). The Morgan fingerprint density at radius 3 is 2.19 bits per heavy atom. The number of hydrogen-bond donors (Lipinski definition) is 1. The van der Waals surface area contributed by atoms with Crippen molar-refractivity contribution in [2.45, 2.75) is 30.9 Å². The highest BCUT2D eigenvalue weighted by molar-refractivity contribution is 6.35. The van der Waals surface area contributed by atoms with Crippen LogP contribution in [-0.4, -0.2) is 24.0 Å². The van der Waals surface area contributed by atoms with Gasteiger partial charge in [-0.25, -0.2) is 4.79 Å². The summed E-state index contributed by atoms with van der Waals surface area (Å²) >= 11 is 19.0. The van der Waals surface area contributed by atoms with Gasteiger partial charge in [0.05, 0.1) is 5.56 Å². The number of benzene rings is 3. The molecule has 1 aliphatic heterocycles. The number of urea groups is 1. The molecule has 194 valence electrons. The number of amides is 2. The topological polar surface area (TPSA) is 32.3 Å². The van der Waals surface area contributed by atoms with Crippen LogP contribution in [0.3, 0.4) is 0 Å². The number of alkyl halides is 3. The van der Waals surface area contributed by atoms with E-state index < -0.39 is 11.7 Å². The summed E-state index contributed by atoms with van der Waals surface area (Å²) in [5, 5.41) is 4.62. The molecule has 5 rings (SSSR count). The van der Waals surface area contributed by atoms with Crippen molar-refractivity contribution in [1.29, 1.82) is 0 Å². The van der Waals surface area contributed by atoms with Gasteiger partial charge in [0.25, 0.3) is 0 Å². The summed E-state index contributed by atoms with van der Waals surface area (Å²) in [5.41, 5.74) is 1.75. The molecule has 3 aromatic rings. The second kappa shape index (κ2) is 10.4. The van der Waals surface area contributed by atoms with E-state index in [2.05, 4.69) is 5.32 Å². The van der Waals surface area contributed by atoms with E-state index >= 15 is 0 Å². The highest BCUT2D eigenvalue weighted by Crippen LogP contribution is 2.53. The van der Waals surface area contributed by atoms with Crippen molar-refractivity contribution in [3.8, 4) is 0 Å². The second-order valence-corrected chi connectivity index (χ2v) is 11.0. The smallest absolute Gasteiger partial charge is 0.324 e. The first-order chi connectivity index (χ1) is 17.6. The fourth-order valence-electron chi connectivity index (χ4n) is 5.91. The van der Waals surface area contributed by atoms with Crippen molar-refractivity contribution >= 4 is 46.5 Å². The maximum Gasteiger partial charge on any atom is 0.416 e. The van der Waals surface area contributed by atoms with E-state index in [0.717, 1.165) is 36.1 Å². The zero-order chi connectivity index (χ0) is 26.3. The SMILES string of the molecule is O=C(Nc1ccc(C(F)(F)F)cc1)N1CC2CCC(c3ccc(Cl)cc3Cl)C(c3ccc(Cl)cc3)C2C1. The lowest BCUT2D eigenvalue weighted by Crippen LogP contribution is -2.34. The maximum atomic E-state index is 13.1. The number of anilines is 1. The predicted octanol–water partition coefficient (Wildman–Crippen LogP) is 9.11. The van der Waals surface area contributed by atoms with E-state index in [9.17, 15) is 18.0 Å². The molecule has 1 heterocycles. The fourth-order valence-corrected chi connectivity index (χ4v) is 6.58. The molecule has 0 spiro atoms. The van der Waals surface area contributed by atoms with Gasteiger partial charge in [-0.1, -0.05) is 53.0 Å². The lowest BCUT2D eigenvalue weighted by molar-refractivity contribution is -0.137. The Morgan fingerprint density at radius 2 is 1.54 bits per heavy atom. The monoisotopic (exact) mass is 566 g/mol. The summed E-state index contributed by atoms with van der Waals surface area (Å²) in [6.45, 7) is 1.12. The first-order valence-electron chi connectivity index (χ1n) is 12.0. The molecule has 4 atom stereocenters. The van der Waals surface area contributed by atoms with E-state index in [1.54, 1.807) is 11.0 Å². The Hall–Kier alpha value is -2.41. The van der Waals surface area contributed by atoms with Crippen LogP contribution in [0.5, 0.6) is 0 Å². The van der Waals surface area contributed by atoms with Gasteiger partial charge in [0.15, 0.2) is 0 Å². The minimum Gasteiger partial charge on any atom is -0.324 e. The van der Waals surface area contributed by atoms with Crippen molar-refractivity contribution in [1.82, 2.24) is 4.90 Å². The molecular formula is C28H24Cl3F3N2O. The normalized spacial score (nSPS) is 23.6. The number of carbonyl (C=O) groups excluding carboxylic acids is 1. The molecule has 0 aromatic heterocycles. The molecule has 1 aliphatic carbocycles. The number of nitrogens with zero attached hydrogens (tertiary/aromatic N) is 1. The summed E-state index contributed by atoms with van der Waals surface area (Å²) in [6, 6.07) is 17.6. The molecule has 1 saturated carbocycles. The van der Waals surface area contributed by atoms with Crippen LogP contribution in [0.15, 0.2) is 66.7 Å². The molecule has 3 aromatic carbocycles. The molecule has 3 nitrogen and oxygen atoms in total. The number of hydrogen-bond acceptors (Lipinski definition) is 1. The van der Waals surface area contributed by atoms with Crippen LogP contribution in [0.2, 0.25) is 15.1 Å². The predicted molar refractivity (Wildman–Crippen MR) is 142 cm³/mol. The van der Waals surface area contributed by atoms with Crippen LogP contribution in [0.4, 0.5) is 23.7 Å². The fraction of sp³-hybridized carbons (Fsp3) is 0.321. The van der Waals surface area contributed by atoms with E-state index in [-0.39, 0.29) is 23.8 Å². The largest absolute Gasteiger partial charge is 0.416 e. The molecule has 1 saturated heterocycles. The van der Waals surface area contributed by atoms with Crippen LogP contribution in [0, 0.1) is 11.8 Å². The summed E-state index contributed by atoms with van der Waals surface area (Å²) in [6.07, 6.45) is -2.58. The molecule has 2 amide bonds. The Labute approximate surface area is 228 Å². The average molecular weight is 568 g/mol. The van der Waals surface area contributed by atoms with Gasteiger partial charge < -0.3 is 10.2 Å². The lowest BCUT2D eigenvalue weighted by atomic mass is 9.63. The van der Waals surface area contributed by atoms with Gasteiger partial charge in [-0.15, -0.1) is 0 Å². The second-order valence-electron chi connectivity index (χ2n) is 9.76. The molecule has 0 radical (unpaired) electrons. The number of rotatable bonds is 3. The summed E-state index contributed by atoms with van der Waals surface area (Å²) in [7, 11) is 0. The van der Waals surface area contributed by atoms with Gasteiger partial charge in [-0.2, -0.15) is 13.2 Å². The number of fused-ring (bicyclic) bond motifs is 1. The van der Waals surface area contributed by atoms with Gasteiger partial charge >= 0.3 is 12.2 Å². The van der Waals surface area contributed by atoms with E-state index in [1.165, 1.54) is 12.1 Å². The Kier molecular flexibility index (Phi) is 7.36. The number of nitrogens with one attached hydrogen (secondary N) is 1. The minimum absolute atomic E-state index is 0.110. The third-order valence-electron chi connectivity index (χ3n) is 7.60. The zero-order valence-corrected chi connectivity index (χ0v) is 21.9. The van der Waals surface area contributed by atoms with Crippen LogP contribution in [0.1, 0.15) is 41.4 Å². The van der Waals surface area contributed by atoms with Crippen LogP contribution in [-0.2, 0) is 6.18 Å². The molecule has 9 heteroatoms. The van der Waals surface area contributed by atoms with Gasteiger partial charge in [0.1, 0.15) is 0 Å². The summed E-state index contributed by atoms with van der Waals surface area (Å²) in [5.74, 6) is 0.732. The molecule has 37 heavy (non-hydrogen) atoms. The average Bonchev–Trinajstić information content (AvgIpc) is 3.29. The van der Waals surface area contributed by atoms with E-state index in [0.29, 0.717) is 39.8 Å². The van der Waals surface area contributed by atoms with Gasteiger partial charge in [-0.3, -0.25) is 0 Å². The van der Waals surface area contributed by atoms with Crippen molar-refractivity contribution in [2.75, 3.05) is 18.4 Å². The van der Waals surface area contributed by atoms with Crippen LogP contribution < -0.4 is 5.32 Å². The number of carbonyl (C=O) groups is 1. The van der Waals surface area contributed by atoms with Crippen LogP contribution >= 0.6 is 34.8 Å². The first kappa shape index (κ1) is 26.2. The summed E-state index contributed by atoms with van der Waals surface area (Å²) in [4.78, 5) is 14.9. The van der Waals surface area contributed by atoms with E-state index in [1.807, 2.05) is 36.4 Å². The van der Waals surface area contributed by atoms with Crippen molar-refractivity contribution in [3.05, 3.63) is 98.5 Å². The zero-order valence-electron chi connectivity index (χ0n) is 19.6. The minimum atomic E-state index is -4.42. The lowest BCUT2D eigenvalue weighted by Gasteiger charge is -2.40. The van der Waals surface area contributed by atoms with E-state index in [4.69, 9.17) is 34.8 Å². The Bertz CT molecular complexity index is 1280. The van der Waals surface area contributed by atoms with Gasteiger partial charge in [0, 0.05) is 33.8 Å². The van der Waals surface area contributed by atoms with Crippen LogP contribution in [0.25, 0.3) is 0 Å². The third kappa shape index (κ3) is 5.57. The molecule has 0 bridgehead atoms. The molecular weight excluding hydrogens is 544 g/mol. The van der Waals surface area contributed by atoms with Crippen molar-refractivity contribution < 1.29 is 18.0 Å². The highest BCUT2D eigenvalue weighted by atomic mass is 35.5. The Balaban J connectivity index is 1.39. The first-order valence-corrected chi connectivity index (χ1v) is 13.2. The van der Waals surface area contributed by atoms with Crippen molar-refractivity contribution in [2.24, 2.45) is 11.8 Å². The molecule has 1 N–H and O–H groups in total. The molecule has 2 aliphatic rings. The van der Waals surface area contributed by atoms with Gasteiger partial charge in [0.2, 0.25) is 0 Å². The summed E-state index contributed by atoms with van der Waals surface area (Å²) < 4.78 is 38.6. The quantitative estimate of drug-likeness (QED) is 0.336. The number of likely N-dealkylation sites (tertiary alicyclic amines) is 1. The highest BCUT2D eigenvalue weighted by Gasteiger charge is 2.47. The van der Waals surface area contributed by atoms with Crippen molar-refractivity contribution in [3.63, 3.8) is 0 Å². The third-order valence-corrected chi connectivity index (χ3v) is 8.42. The number of halogens is 6.